The van der Waals surface area contributed by atoms with E-state index < -0.39 is 21.3 Å². The fraction of sp³-hybridized carbons (Fsp3) is 0.667. The van der Waals surface area contributed by atoms with Crippen molar-refractivity contribution in [1.29, 1.82) is 0 Å². The predicted molar refractivity (Wildman–Crippen MR) is 82.4 cm³/mol. The molecule has 2 rings (SSSR count). The Balaban J connectivity index is 2.23. The highest BCUT2D eigenvalue weighted by molar-refractivity contribution is 8.01. The topological polar surface area (TPSA) is 98.3 Å². The second-order valence-corrected chi connectivity index (χ2v) is 8.53. The summed E-state index contributed by atoms with van der Waals surface area (Å²) >= 11 is 1.55. The Kier molecular flexibility index (Phi) is 4.95. The second-order valence-electron chi connectivity index (χ2n) is 4.94. The SMILES string of the molecule is CCS(=O)(=O)C1CSCCN1C(=O)C(N)c1cnn(C)c1. The number of rotatable bonds is 4. The number of sulfone groups is 1. The molecule has 1 aliphatic rings. The molecule has 1 aliphatic heterocycles. The monoisotopic (exact) mass is 332 g/mol. The van der Waals surface area contributed by atoms with Crippen molar-refractivity contribution in [2.75, 3.05) is 23.8 Å². The van der Waals surface area contributed by atoms with Crippen LogP contribution in [0.3, 0.4) is 0 Å². The van der Waals surface area contributed by atoms with Gasteiger partial charge in [0.2, 0.25) is 5.91 Å². The lowest BCUT2D eigenvalue weighted by Crippen LogP contribution is -2.53. The molecule has 1 aromatic rings. The third-order valence-corrected chi connectivity index (χ3v) is 6.82. The van der Waals surface area contributed by atoms with Gasteiger partial charge < -0.3 is 10.6 Å². The summed E-state index contributed by atoms with van der Waals surface area (Å²) in [5, 5.41) is 3.21. The van der Waals surface area contributed by atoms with E-state index in [1.165, 1.54) is 11.1 Å². The Hall–Kier alpha value is -1.06. The average Bonchev–Trinajstić information content (AvgIpc) is 2.92. The van der Waals surface area contributed by atoms with Gasteiger partial charge >= 0.3 is 0 Å². The van der Waals surface area contributed by atoms with Crippen LogP contribution in [-0.4, -0.2) is 58.2 Å². The first kappa shape index (κ1) is 16.3. The van der Waals surface area contributed by atoms with Gasteiger partial charge in [-0.1, -0.05) is 6.92 Å². The van der Waals surface area contributed by atoms with Crippen molar-refractivity contribution in [2.45, 2.75) is 18.3 Å². The first-order chi connectivity index (χ1) is 9.86. The zero-order valence-electron chi connectivity index (χ0n) is 12.1. The molecule has 9 heteroatoms. The van der Waals surface area contributed by atoms with Gasteiger partial charge in [-0.2, -0.15) is 16.9 Å². The van der Waals surface area contributed by atoms with Crippen molar-refractivity contribution in [1.82, 2.24) is 14.7 Å². The molecular formula is C12H20N4O3S2. The van der Waals surface area contributed by atoms with Gasteiger partial charge in [0.15, 0.2) is 9.84 Å². The molecule has 0 saturated carbocycles. The summed E-state index contributed by atoms with van der Waals surface area (Å²) < 4.78 is 25.9. The molecule has 0 bridgehead atoms. The van der Waals surface area contributed by atoms with Gasteiger partial charge in [0.25, 0.3) is 0 Å². The van der Waals surface area contributed by atoms with Crippen LogP contribution in [0.2, 0.25) is 0 Å². The summed E-state index contributed by atoms with van der Waals surface area (Å²) in [6.07, 6.45) is 3.20. The molecule has 21 heavy (non-hydrogen) atoms. The molecule has 1 amide bonds. The summed E-state index contributed by atoms with van der Waals surface area (Å²) in [7, 11) is -1.58. The molecule has 2 atom stereocenters. The minimum Gasteiger partial charge on any atom is -0.322 e. The van der Waals surface area contributed by atoms with Gasteiger partial charge in [0.1, 0.15) is 11.4 Å². The lowest BCUT2D eigenvalue weighted by molar-refractivity contribution is -0.133. The molecule has 1 aromatic heterocycles. The molecule has 2 N–H and O–H groups in total. The molecule has 1 fully saturated rings. The van der Waals surface area contributed by atoms with Crippen molar-refractivity contribution in [3.05, 3.63) is 18.0 Å². The first-order valence-corrected chi connectivity index (χ1v) is 9.57. The number of carbonyl (C=O) groups excluding carboxylic acids is 1. The minimum absolute atomic E-state index is 0.0180. The fourth-order valence-electron chi connectivity index (χ4n) is 2.25. The van der Waals surface area contributed by atoms with Crippen LogP contribution in [0.4, 0.5) is 0 Å². The summed E-state index contributed by atoms with van der Waals surface area (Å²) in [4.78, 5) is 14.0. The molecule has 0 aliphatic carbocycles. The van der Waals surface area contributed by atoms with E-state index in [1.54, 1.807) is 36.6 Å². The maximum atomic E-state index is 12.6. The summed E-state index contributed by atoms with van der Waals surface area (Å²) in [6.45, 7) is 2.00. The average molecular weight is 332 g/mol. The van der Waals surface area contributed by atoms with E-state index in [0.29, 0.717) is 17.9 Å². The van der Waals surface area contributed by atoms with Crippen molar-refractivity contribution in [3.63, 3.8) is 0 Å². The van der Waals surface area contributed by atoms with Crippen LogP contribution in [0, 0.1) is 0 Å². The quantitative estimate of drug-likeness (QED) is 0.817. The van der Waals surface area contributed by atoms with Gasteiger partial charge in [-0.25, -0.2) is 8.42 Å². The van der Waals surface area contributed by atoms with E-state index in [9.17, 15) is 13.2 Å². The zero-order valence-corrected chi connectivity index (χ0v) is 13.7. The van der Waals surface area contributed by atoms with E-state index in [-0.39, 0.29) is 11.7 Å². The number of amides is 1. The van der Waals surface area contributed by atoms with E-state index in [1.807, 2.05) is 0 Å². The standard InChI is InChI=1S/C12H20N4O3S2/c1-3-21(18,19)10-8-20-5-4-16(10)12(17)11(13)9-6-14-15(2)7-9/h6-7,10-11H,3-5,8,13H2,1-2H3. The Morgan fingerprint density at radius 2 is 2.33 bits per heavy atom. The molecule has 0 spiro atoms. The lowest BCUT2D eigenvalue weighted by atomic mass is 10.1. The summed E-state index contributed by atoms with van der Waals surface area (Å²) in [5.74, 6) is 0.790. The number of thioether (sulfide) groups is 1. The van der Waals surface area contributed by atoms with Gasteiger partial charge in [-0.05, 0) is 0 Å². The predicted octanol–water partition coefficient (Wildman–Crippen LogP) is -0.244. The Bertz CT molecular complexity index is 614. The number of aryl methyl sites for hydroxylation is 1. The molecule has 0 aromatic carbocycles. The van der Waals surface area contributed by atoms with Gasteiger partial charge in [-0.3, -0.25) is 9.48 Å². The molecule has 2 heterocycles. The molecular weight excluding hydrogens is 312 g/mol. The fourth-order valence-corrected chi connectivity index (χ4v) is 5.22. The summed E-state index contributed by atoms with van der Waals surface area (Å²) in [6, 6.07) is -0.878. The number of nitrogens with zero attached hydrogens (tertiary/aromatic N) is 3. The smallest absolute Gasteiger partial charge is 0.245 e. The van der Waals surface area contributed by atoms with Gasteiger partial charge in [-0.15, -0.1) is 0 Å². The van der Waals surface area contributed by atoms with Gasteiger partial charge in [0, 0.05) is 42.6 Å². The molecule has 0 radical (unpaired) electrons. The zero-order chi connectivity index (χ0) is 15.6. The minimum atomic E-state index is -3.32. The van der Waals surface area contributed by atoms with E-state index in [0.717, 1.165) is 5.75 Å². The summed E-state index contributed by atoms with van der Waals surface area (Å²) in [5.41, 5.74) is 6.57. The molecule has 7 nitrogen and oxygen atoms in total. The number of nitrogens with two attached hydrogens (primary N) is 1. The van der Waals surface area contributed by atoms with Crippen LogP contribution in [0.25, 0.3) is 0 Å². The Labute approximate surface area is 128 Å². The molecule has 2 unspecified atom stereocenters. The number of aromatic nitrogens is 2. The van der Waals surface area contributed by atoms with Crippen LogP contribution >= 0.6 is 11.8 Å². The van der Waals surface area contributed by atoms with Crippen molar-refractivity contribution in [3.8, 4) is 0 Å². The molecule has 1 saturated heterocycles. The highest BCUT2D eigenvalue weighted by Crippen LogP contribution is 2.24. The van der Waals surface area contributed by atoms with Crippen LogP contribution in [0.1, 0.15) is 18.5 Å². The van der Waals surface area contributed by atoms with E-state index in [4.69, 9.17) is 5.73 Å². The third kappa shape index (κ3) is 3.41. The van der Waals surface area contributed by atoms with Crippen LogP contribution in [-0.2, 0) is 21.7 Å². The number of hydrogen-bond acceptors (Lipinski definition) is 6. The Morgan fingerprint density at radius 1 is 1.62 bits per heavy atom. The lowest BCUT2D eigenvalue weighted by Gasteiger charge is -2.36. The highest BCUT2D eigenvalue weighted by Gasteiger charge is 2.37. The van der Waals surface area contributed by atoms with Crippen LogP contribution < -0.4 is 5.73 Å². The maximum Gasteiger partial charge on any atom is 0.245 e. The van der Waals surface area contributed by atoms with Crippen LogP contribution in [0.5, 0.6) is 0 Å². The van der Waals surface area contributed by atoms with Crippen molar-refractivity contribution >= 4 is 27.5 Å². The van der Waals surface area contributed by atoms with Crippen molar-refractivity contribution < 1.29 is 13.2 Å². The number of hydrogen-bond donors (Lipinski definition) is 1. The van der Waals surface area contributed by atoms with Crippen LogP contribution in [0.15, 0.2) is 12.4 Å². The van der Waals surface area contributed by atoms with Gasteiger partial charge in [0.05, 0.1) is 6.20 Å². The largest absolute Gasteiger partial charge is 0.322 e. The van der Waals surface area contributed by atoms with E-state index in [2.05, 4.69) is 5.10 Å². The first-order valence-electron chi connectivity index (χ1n) is 6.70. The molecule has 118 valence electrons. The number of carbonyl (C=O) groups is 1. The van der Waals surface area contributed by atoms with E-state index >= 15 is 0 Å². The highest BCUT2D eigenvalue weighted by atomic mass is 32.2. The third-order valence-electron chi connectivity index (χ3n) is 3.53. The Morgan fingerprint density at radius 3 is 2.90 bits per heavy atom. The van der Waals surface area contributed by atoms with Crippen molar-refractivity contribution in [2.24, 2.45) is 12.8 Å². The second kappa shape index (κ2) is 6.37. The normalized spacial score (nSPS) is 21.3. The maximum absolute atomic E-state index is 12.6.